The maximum atomic E-state index is 13.4. The van der Waals surface area contributed by atoms with Crippen LogP contribution in [0.15, 0.2) is 64.7 Å². The van der Waals surface area contributed by atoms with Gasteiger partial charge in [0.2, 0.25) is 10.0 Å². The monoisotopic (exact) mass is 540 g/mol. The van der Waals surface area contributed by atoms with Crippen LogP contribution in [0.2, 0.25) is 0 Å². The summed E-state index contributed by atoms with van der Waals surface area (Å²) >= 11 is 0. The molecular weight excluding hydrogens is 512 g/mol. The number of aromatic amines is 1. The van der Waals surface area contributed by atoms with Crippen molar-refractivity contribution in [3.05, 3.63) is 65.6 Å². The average Bonchev–Trinajstić information content (AvgIpc) is 3.40. The van der Waals surface area contributed by atoms with Crippen molar-refractivity contribution < 1.29 is 32.2 Å². The van der Waals surface area contributed by atoms with Crippen molar-refractivity contribution in [2.24, 2.45) is 0 Å². The summed E-state index contributed by atoms with van der Waals surface area (Å²) in [7, 11) is -1.30. The van der Waals surface area contributed by atoms with Gasteiger partial charge in [0.15, 0.2) is 0 Å². The topological polar surface area (TPSA) is 131 Å². The Bertz CT molecular complexity index is 1460. The van der Waals surface area contributed by atoms with Gasteiger partial charge in [0.1, 0.15) is 18.3 Å². The number of nitrogens with zero attached hydrogens (tertiary/aromatic N) is 3. The molecule has 12 heteroatoms. The molecule has 38 heavy (non-hydrogen) atoms. The van der Waals surface area contributed by atoms with E-state index in [0.717, 1.165) is 16.9 Å². The molecule has 3 heterocycles. The molecule has 2 aliphatic rings. The quantitative estimate of drug-likeness (QED) is 0.469. The van der Waals surface area contributed by atoms with Gasteiger partial charge in [-0.05, 0) is 49.2 Å². The highest BCUT2D eigenvalue weighted by atomic mass is 32.2. The number of esters is 2. The molecule has 1 saturated heterocycles. The summed E-state index contributed by atoms with van der Waals surface area (Å²) in [4.78, 5) is 34.3. The number of carbonyl (C=O) groups is 2. The van der Waals surface area contributed by atoms with Crippen molar-refractivity contribution >= 4 is 38.7 Å². The molecule has 2 aromatic carbocycles. The molecule has 0 bridgehead atoms. The molecular formula is C26H28N4O7S. The van der Waals surface area contributed by atoms with Gasteiger partial charge in [-0.1, -0.05) is 12.1 Å². The van der Waals surface area contributed by atoms with Gasteiger partial charge in [-0.3, -0.25) is 0 Å². The molecule has 0 aliphatic carbocycles. The molecule has 0 spiro atoms. The smallest absolute Gasteiger partial charge is 0.355 e. The zero-order chi connectivity index (χ0) is 26.9. The minimum atomic E-state index is -3.73. The number of rotatable bonds is 6. The maximum Gasteiger partial charge on any atom is 0.355 e. The Morgan fingerprint density at radius 2 is 1.68 bits per heavy atom. The molecule has 3 aromatic rings. The summed E-state index contributed by atoms with van der Waals surface area (Å²) in [6.07, 6.45) is 1.32. The second-order valence-corrected chi connectivity index (χ2v) is 11.0. The van der Waals surface area contributed by atoms with Gasteiger partial charge < -0.3 is 24.1 Å². The fourth-order valence-corrected chi connectivity index (χ4v) is 6.30. The molecule has 1 aromatic heterocycles. The van der Waals surface area contributed by atoms with Gasteiger partial charge >= 0.3 is 11.9 Å². The van der Waals surface area contributed by atoms with Crippen LogP contribution in [0.4, 0.5) is 5.69 Å². The van der Waals surface area contributed by atoms with Gasteiger partial charge in [0, 0.05) is 24.7 Å². The lowest BCUT2D eigenvalue weighted by Crippen LogP contribution is -2.39. The highest BCUT2D eigenvalue weighted by Gasteiger charge is 2.34. The van der Waals surface area contributed by atoms with Crippen LogP contribution in [-0.2, 0) is 33.8 Å². The van der Waals surface area contributed by atoms with Gasteiger partial charge in [-0.15, -0.1) is 0 Å². The molecule has 0 amide bonds. The van der Waals surface area contributed by atoms with Crippen molar-refractivity contribution in [2.45, 2.75) is 23.7 Å². The van der Waals surface area contributed by atoms with Gasteiger partial charge in [-0.2, -0.15) is 4.31 Å². The van der Waals surface area contributed by atoms with Crippen molar-refractivity contribution in [1.82, 2.24) is 14.3 Å². The summed E-state index contributed by atoms with van der Waals surface area (Å²) in [5.41, 5.74) is 2.36. The molecule has 2 aliphatic heterocycles. The third-order valence-electron chi connectivity index (χ3n) is 6.87. The maximum absolute atomic E-state index is 13.4. The molecule has 0 atom stereocenters. The number of hydrogen-bond acceptors (Lipinski definition) is 9. The number of sulfonamides is 1. The number of anilines is 1. The van der Waals surface area contributed by atoms with E-state index in [1.54, 1.807) is 12.1 Å². The first-order valence-corrected chi connectivity index (χ1v) is 13.6. The van der Waals surface area contributed by atoms with Crippen LogP contribution in [0.1, 0.15) is 24.6 Å². The van der Waals surface area contributed by atoms with Crippen LogP contribution < -0.4 is 4.90 Å². The van der Waals surface area contributed by atoms with Crippen LogP contribution in [0.5, 0.6) is 0 Å². The summed E-state index contributed by atoms with van der Waals surface area (Å²) in [6, 6.07) is 13.9. The molecule has 1 N–H and O–H groups in total. The van der Waals surface area contributed by atoms with Crippen LogP contribution in [0, 0.1) is 0 Å². The molecule has 5 rings (SSSR count). The predicted octanol–water partition coefficient (Wildman–Crippen LogP) is 2.53. The Hall–Kier alpha value is -3.74. The van der Waals surface area contributed by atoms with E-state index in [-0.39, 0.29) is 35.4 Å². The number of methoxy groups -OCH3 is 2. The van der Waals surface area contributed by atoms with E-state index in [9.17, 15) is 18.0 Å². The standard InChI is InChI=1S/C26H28N4O7S/c1-35-25(31)20-15-37-16-30(23(20)26(32)36-2)18-7-9-19(10-8-18)38(33,34)29-13-11-17(12-14-29)24-27-21-5-3-4-6-22(21)28-24/h3-10,17H,11-16H2,1-2H3,(H,27,28). The summed E-state index contributed by atoms with van der Waals surface area (Å²) < 4.78 is 43.4. The number of benzene rings is 2. The Morgan fingerprint density at radius 1 is 1.00 bits per heavy atom. The number of para-hydroxylation sites is 2. The number of carbonyl (C=O) groups excluding carboxylic acids is 2. The van der Waals surface area contributed by atoms with Crippen LogP contribution in [0.3, 0.4) is 0 Å². The molecule has 200 valence electrons. The van der Waals surface area contributed by atoms with Gasteiger partial charge in [-0.25, -0.2) is 23.0 Å². The van der Waals surface area contributed by atoms with Crippen molar-refractivity contribution in [2.75, 3.05) is 45.5 Å². The number of piperidine rings is 1. The van der Waals surface area contributed by atoms with Crippen LogP contribution >= 0.6 is 0 Å². The number of imidazole rings is 1. The van der Waals surface area contributed by atoms with Crippen molar-refractivity contribution in [1.29, 1.82) is 0 Å². The number of ether oxygens (including phenoxy) is 3. The van der Waals surface area contributed by atoms with Gasteiger partial charge in [0.25, 0.3) is 0 Å². The Balaban J connectivity index is 1.32. The normalized spacial score (nSPS) is 17.6. The van der Waals surface area contributed by atoms with Crippen molar-refractivity contribution in [3.8, 4) is 0 Å². The first-order valence-electron chi connectivity index (χ1n) is 12.1. The predicted molar refractivity (Wildman–Crippen MR) is 138 cm³/mol. The lowest BCUT2D eigenvalue weighted by atomic mass is 9.97. The zero-order valence-corrected chi connectivity index (χ0v) is 21.9. The summed E-state index contributed by atoms with van der Waals surface area (Å²) in [6.45, 7) is 0.628. The summed E-state index contributed by atoms with van der Waals surface area (Å²) in [5.74, 6) is -0.391. The zero-order valence-electron chi connectivity index (χ0n) is 21.0. The first-order chi connectivity index (χ1) is 18.3. The SMILES string of the molecule is COC(=O)C1=C(C(=O)OC)N(c2ccc(S(=O)(=O)N3CCC(c4nc5ccccc5[nH]4)CC3)cc2)COC1. The number of aromatic nitrogens is 2. The molecule has 11 nitrogen and oxygen atoms in total. The molecule has 1 fully saturated rings. The largest absolute Gasteiger partial charge is 0.466 e. The lowest BCUT2D eigenvalue weighted by Gasteiger charge is -2.32. The Labute approximate surface area is 220 Å². The Kier molecular flexibility index (Phi) is 7.19. The minimum Gasteiger partial charge on any atom is -0.466 e. The Morgan fingerprint density at radius 3 is 2.34 bits per heavy atom. The third kappa shape index (κ3) is 4.77. The first kappa shape index (κ1) is 25.9. The second kappa shape index (κ2) is 10.6. The van der Waals surface area contributed by atoms with E-state index in [1.165, 1.54) is 35.6 Å². The van der Waals surface area contributed by atoms with Crippen molar-refractivity contribution in [3.63, 3.8) is 0 Å². The van der Waals surface area contributed by atoms with E-state index in [4.69, 9.17) is 14.2 Å². The highest BCUT2D eigenvalue weighted by molar-refractivity contribution is 7.89. The third-order valence-corrected chi connectivity index (χ3v) is 8.78. The van der Waals surface area contributed by atoms with E-state index < -0.39 is 22.0 Å². The summed E-state index contributed by atoms with van der Waals surface area (Å²) in [5, 5.41) is 0. The van der Waals surface area contributed by atoms with E-state index in [0.29, 0.717) is 31.6 Å². The number of fused-ring (bicyclic) bond motifs is 1. The molecule has 0 radical (unpaired) electrons. The second-order valence-electron chi connectivity index (χ2n) is 9.03. The lowest BCUT2D eigenvalue weighted by molar-refractivity contribution is -0.140. The number of nitrogens with one attached hydrogen (secondary N) is 1. The average molecular weight is 541 g/mol. The molecule has 0 saturated carbocycles. The highest BCUT2D eigenvalue weighted by Crippen LogP contribution is 2.32. The van der Waals surface area contributed by atoms with E-state index in [1.807, 2.05) is 24.3 Å². The van der Waals surface area contributed by atoms with Crippen LogP contribution in [0.25, 0.3) is 11.0 Å². The fraction of sp³-hybridized carbons (Fsp3) is 0.346. The number of H-pyrrole nitrogens is 1. The fourth-order valence-electron chi connectivity index (χ4n) is 4.83. The van der Waals surface area contributed by atoms with Gasteiger partial charge in [0.05, 0.1) is 42.3 Å². The van der Waals surface area contributed by atoms with E-state index >= 15 is 0 Å². The minimum absolute atomic E-state index is 0.00568. The van der Waals surface area contributed by atoms with E-state index in [2.05, 4.69) is 9.97 Å². The number of hydrogen-bond donors (Lipinski definition) is 1. The molecule has 0 unspecified atom stereocenters. The van der Waals surface area contributed by atoms with Crippen LogP contribution in [-0.4, -0.2) is 75.3 Å².